The Labute approximate surface area is 738 Å². The zero-order chi connectivity index (χ0) is 96.9. The molecule has 0 aromatic rings. The van der Waals surface area contributed by atoms with Crippen LogP contribution in [0.25, 0.3) is 0 Å². The van der Waals surface area contributed by atoms with Crippen LogP contribution in [0, 0.1) is 0 Å². The summed E-state index contributed by atoms with van der Waals surface area (Å²) in [5.74, 6) is -3.66. The van der Waals surface area contributed by atoms with Gasteiger partial charge in [-0.2, -0.15) is 0 Å². The summed E-state index contributed by atoms with van der Waals surface area (Å²) in [5, 5.41) is 320. The van der Waals surface area contributed by atoms with Crippen LogP contribution in [0.3, 0.4) is 0 Å². The normalized spacial score (nSPS) is 48.1. The lowest BCUT2D eigenvalue weighted by atomic mass is 9.94. The Kier molecular flexibility index (Phi) is 39.3. The van der Waals surface area contributed by atoms with Gasteiger partial charge in [-0.1, -0.05) is 0 Å². The van der Waals surface area contributed by atoms with Gasteiger partial charge in [0.25, 0.3) is 0 Å². The second kappa shape index (κ2) is 47.0. The van der Waals surface area contributed by atoms with E-state index in [9.17, 15) is 181 Å². The van der Waals surface area contributed by atoms with E-state index >= 15 is 0 Å². The van der Waals surface area contributed by atoms with E-state index in [0.29, 0.717) is 0 Å². The molecule has 10 rings (SSSR count). The Hall–Kier alpha value is -3.70. The van der Waals surface area contributed by atoms with Crippen LogP contribution >= 0.6 is 15.6 Å². The number of nitrogens with one attached hydrogen (secondary N) is 4. The molecule has 131 heavy (non-hydrogen) atoms. The fraction of sp³-hybridized carbons (Fsp3) is 0.941. The van der Waals surface area contributed by atoms with Crippen LogP contribution in [-0.4, -0.2) is 549 Å². The third-order valence-electron chi connectivity index (χ3n) is 22.8. The average Bonchev–Trinajstić information content (AvgIpc) is 0.773. The highest BCUT2D eigenvalue weighted by atomic mass is 31.2. The van der Waals surface area contributed by atoms with E-state index in [1.807, 2.05) is 0 Å². The lowest BCUT2D eigenvalue weighted by molar-refractivity contribution is -0.399. The number of hydrogen-bond donors (Lipinski definition) is 34. The first-order valence-corrected chi connectivity index (χ1v) is 43.6. The Balaban J connectivity index is 0.961. The highest BCUT2D eigenvalue weighted by molar-refractivity contribution is 7.47. The number of ether oxygens (including phenoxy) is 17. The molecular formula is C68H116N4O57P2. The average molecular weight is 1960 g/mol. The maximum absolute atomic E-state index is 13.6. The van der Waals surface area contributed by atoms with Gasteiger partial charge in [-0.3, -0.25) is 37.3 Å². The zero-order valence-electron chi connectivity index (χ0n) is 69.3. The van der Waals surface area contributed by atoms with Gasteiger partial charge in [0.2, 0.25) is 23.6 Å². The Morgan fingerprint density at radius 1 is 0.244 bits per heavy atom. The first-order valence-electron chi connectivity index (χ1n) is 40.6. The number of aliphatic hydroxyl groups excluding tert-OH is 28. The molecule has 760 valence electrons. The molecule has 2 unspecified atom stereocenters. The van der Waals surface area contributed by atoms with Gasteiger partial charge in [0.15, 0.2) is 62.9 Å². The predicted molar refractivity (Wildman–Crippen MR) is 398 cm³/mol. The van der Waals surface area contributed by atoms with E-state index in [1.165, 1.54) is 0 Å². The SMILES string of the molecule is CC(=O)N[C@@H]1[C@@H](O)[C@H](O[C@@H]2O[C@H](CO)[C@@H](O[C@@H]3O[C@H](CO[C@H]4O[C@H](CO[C@H]5O[C@H](CO)[C@@H](O)[C@H](O)[C@@H]5O)[C@@H](O)[C@H](O[C@H]5O[C@H](COP(=O)(O)O[C@H]6O[C@H](CO)[C@@H](O)[C@H](O)[C@H]6NC(C)=O)[C@@H](O)[C@H](O)[C@@H]5O)[C@@H]4O)[C@@H](O)[C@H](O[C@H]4O[C@H](CO)[C@@H](O)[C@H](O)[C@@H]4O[C@H]4O[C@H](COP(=O)(O)O[C@H]5O[C@H](CO)[C@@H](O)[C@H](O)[C@H]5NC(C)=O)[C@@H](O)[C@H](O)[C@@H]4O)[C@@H]3O)[C@H](O)[C@H]2NC(C)=O)[C@@H](CO)O[C@H]1O. The van der Waals surface area contributed by atoms with E-state index in [-0.39, 0.29) is 0 Å². The van der Waals surface area contributed by atoms with Gasteiger partial charge in [-0.25, -0.2) is 9.13 Å². The van der Waals surface area contributed by atoms with Gasteiger partial charge in [0.05, 0.1) is 66.1 Å². The second-order valence-corrected chi connectivity index (χ2v) is 35.0. The Morgan fingerprint density at radius 2 is 0.504 bits per heavy atom. The Morgan fingerprint density at radius 3 is 0.908 bits per heavy atom. The maximum Gasteiger partial charge on any atom is 0.474 e. The van der Waals surface area contributed by atoms with Gasteiger partial charge in [-0.15, -0.1) is 0 Å². The minimum atomic E-state index is -5.69. The molecule has 0 radical (unpaired) electrons. The number of phosphoric acid groups is 2. The standard InChI is InChI=1S/C68H116N4O57P2/c1-15(79)69-29-43(93)54(23(9-77)113-59(29)104)123-60-32(72-18(4)82)44(94)55(24(10-78)118-60)124-67-53(103)57(126-68-58(48(98)36(86)22(8-76)117-68)127-66-51(101)47(97)38(88)28(122-66)14-112-131(107,108)129-62-31(71-17(3)81)42(92)34(84)20(6-74)115-62)40(90)26(120-67)12-110-64-52(102)56(39(89)25(119-64)11-109-63-49(99)45(95)35(85)21(7-75)116-63)125-65-50(100)46(96)37(87)27(121-65)13-111-130(105,106)128-61-30(70-16(2)80)41(91)33(83)19(5-73)114-61/h19-68,73-78,83-104H,5-14H2,1-4H3,(H,69,79)(H,70,80)(H,71,81)(H,72,82)(H,105,106)(H,107,108)/t19-,20-,21-,22-,23-,24-,25-,26-,27-,28-,29-,30-,31-,32-,33-,34-,35-,36-,37-,38-,39-,40-,41-,42-,43-,44-,45+,46+,47+,48+,49+,50+,51+,52+,53+,54-,55-,56+,57+,58+,59-,60+,61-,62-,63+,64+,65-,66-,67+,68-/m1/s1. The van der Waals surface area contributed by atoms with Crippen molar-refractivity contribution in [3.05, 3.63) is 0 Å². The number of rotatable bonds is 36. The van der Waals surface area contributed by atoms with Gasteiger partial charge in [0, 0.05) is 27.7 Å². The summed E-state index contributed by atoms with van der Waals surface area (Å²) >= 11 is 0. The van der Waals surface area contributed by atoms with Crippen LogP contribution in [0.1, 0.15) is 27.7 Å². The van der Waals surface area contributed by atoms with Crippen LogP contribution in [0.15, 0.2) is 0 Å². The molecule has 0 aliphatic carbocycles. The zero-order valence-corrected chi connectivity index (χ0v) is 71.1. The highest BCUT2D eigenvalue weighted by Gasteiger charge is 2.61. The summed E-state index contributed by atoms with van der Waals surface area (Å²) in [4.78, 5) is 71.3. The van der Waals surface area contributed by atoms with Gasteiger partial charge >= 0.3 is 15.6 Å². The van der Waals surface area contributed by atoms with Crippen molar-refractivity contribution < 1.29 is 280 Å². The largest absolute Gasteiger partial charge is 0.474 e. The first-order chi connectivity index (χ1) is 61.5. The molecule has 0 bridgehead atoms. The number of phosphoric ester groups is 2. The minimum absolute atomic E-state index is 0.830. The fourth-order valence-electron chi connectivity index (χ4n) is 15.8. The molecule has 63 heteroatoms. The highest BCUT2D eigenvalue weighted by Crippen LogP contribution is 2.50. The summed E-state index contributed by atoms with van der Waals surface area (Å²) in [6, 6.07) is -7.42. The maximum atomic E-state index is 13.6. The van der Waals surface area contributed by atoms with E-state index in [2.05, 4.69) is 21.3 Å². The first kappa shape index (κ1) is 109. The van der Waals surface area contributed by atoms with Crippen molar-refractivity contribution in [2.45, 2.75) is 335 Å². The third-order valence-corrected chi connectivity index (χ3v) is 24.7. The number of aliphatic hydroxyl groups is 28. The molecule has 4 amide bonds. The molecule has 10 saturated heterocycles. The van der Waals surface area contributed by atoms with Crippen molar-refractivity contribution in [3.8, 4) is 0 Å². The van der Waals surface area contributed by atoms with Crippen molar-refractivity contribution >= 4 is 39.3 Å². The van der Waals surface area contributed by atoms with Crippen LogP contribution in [0.4, 0.5) is 0 Å². The lowest BCUT2D eigenvalue weighted by Crippen LogP contribution is -2.70. The number of carbonyl (C=O) groups excluding carboxylic acids is 4. The second-order valence-electron chi connectivity index (χ2n) is 32.2. The molecule has 10 aliphatic heterocycles. The van der Waals surface area contributed by atoms with Crippen LogP contribution in [0.5, 0.6) is 0 Å². The van der Waals surface area contributed by atoms with E-state index in [4.69, 9.17) is 98.6 Å². The molecule has 10 heterocycles. The summed E-state index contributed by atoms with van der Waals surface area (Å²) in [7, 11) is -11.4. The van der Waals surface area contributed by atoms with Crippen LogP contribution in [-0.2, 0) is 127 Å². The summed E-state index contributed by atoms with van der Waals surface area (Å²) in [6.07, 6.45) is -103. The number of amides is 4. The van der Waals surface area contributed by atoms with Crippen molar-refractivity contribution in [3.63, 3.8) is 0 Å². The molecule has 61 nitrogen and oxygen atoms in total. The smallest absolute Gasteiger partial charge is 0.394 e. The molecule has 10 fully saturated rings. The van der Waals surface area contributed by atoms with E-state index in [1.54, 1.807) is 0 Å². The van der Waals surface area contributed by atoms with Crippen molar-refractivity contribution in [1.29, 1.82) is 0 Å². The van der Waals surface area contributed by atoms with Gasteiger partial charge in [0.1, 0.15) is 244 Å². The van der Waals surface area contributed by atoms with Gasteiger partial charge < -0.3 is 255 Å². The lowest BCUT2D eigenvalue weighted by Gasteiger charge is -2.50. The predicted octanol–water partition coefficient (Wildman–Crippen LogP) is -22.0. The van der Waals surface area contributed by atoms with Crippen molar-refractivity contribution in [2.24, 2.45) is 0 Å². The monoisotopic (exact) mass is 1960 g/mol. The van der Waals surface area contributed by atoms with E-state index in [0.717, 1.165) is 27.7 Å². The summed E-state index contributed by atoms with van der Waals surface area (Å²) in [5.41, 5.74) is 0. The van der Waals surface area contributed by atoms with Gasteiger partial charge in [-0.05, 0) is 0 Å². The summed E-state index contributed by atoms with van der Waals surface area (Å²) in [6.45, 7) is -8.30. The molecule has 0 saturated carbocycles. The molecular weight excluding hydrogens is 1850 g/mol. The van der Waals surface area contributed by atoms with Crippen LogP contribution in [0.2, 0.25) is 0 Å². The molecule has 34 N–H and O–H groups in total. The number of carbonyl (C=O) groups is 4. The molecule has 52 atom stereocenters. The van der Waals surface area contributed by atoms with Crippen molar-refractivity contribution in [1.82, 2.24) is 21.3 Å². The minimum Gasteiger partial charge on any atom is -0.394 e. The molecule has 0 spiro atoms. The van der Waals surface area contributed by atoms with E-state index < -0.39 is 412 Å². The molecule has 10 aliphatic rings. The van der Waals surface area contributed by atoms with Crippen LogP contribution < -0.4 is 21.3 Å². The molecule has 0 aromatic carbocycles. The quantitative estimate of drug-likeness (QED) is 0.0259. The van der Waals surface area contributed by atoms with Crippen molar-refractivity contribution in [2.75, 3.05) is 66.1 Å². The fourth-order valence-corrected chi connectivity index (χ4v) is 17.5. The topological polar surface area (TPSA) is 951 Å². The number of hydrogen-bond acceptors (Lipinski definition) is 55. The molecule has 0 aromatic heterocycles. The summed E-state index contributed by atoms with van der Waals surface area (Å²) < 4.78 is 146. The Bertz CT molecular complexity index is 3730. The third kappa shape index (κ3) is 25.6.